The third-order valence-corrected chi connectivity index (χ3v) is 5.51. The van der Waals surface area contributed by atoms with E-state index in [9.17, 15) is 19.7 Å². The first-order valence-corrected chi connectivity index (χ1v) is 9.92. The minimum Gasteiger partial charge on any atom is -0.452 e. The van der Waals surface area contributed by atoms with Gasteiger partial charge in [-0.15, -0.1) is 11.3 Å². The lowest BCUT2D eigenvalue weighted by molar-refractivity contribution is -0.384. The molecule has 8 nitrogen and oxygen atoms in total. The van der Waals surface area contributed by atoms with Crippen LogP contribution in [0.5, 0.6) is 0 Å². The summed E-state index contributed by atoms with van der Waals surface area (Å²) in [6.45, 7) is 3.92. The van der Waals surface area contributed by atoms with Crippen molar-refractivity contribution >= 4 is 40.7 Å². The molecular weight excluding hydrogens is 390 g/mol. The summed E-state index contributed by atoms with van der Waals surface area (Å²) in [7, 11) is 0. The van der Waals surface area contributed by atoms with E-state index in [1.54, 1.807) is 0 Å². The van der Waals surface area contributed by atoms with Crippen molar-refractivity contribution in [2.24, 2.45) is 0 Å². The van der Waals surface area contributed by atoms with Crippen LogP contribution in [0.2, 0.25) is 0 Å². The molecule has 0 saturated carbocycles. The highest BCUT2D eigenvalue weighted by Gasteiger charge is 2.20. The summed E-state index contributed by atoms with van der Waals surface area (Å²) in [5, 5.41) is 15.5. The molecule has 0 aliphatic heterocycles. The predicted octanol–water partition coefficient (Wildman–Crippen LogP) is 3.58. The van der Waals surface area contributed by atoms with Gasteiger partial charge in [-0.2, -0.15) is 0 Å². The highest BCUT2D eigenvalue weighted by Crippen LogP contribution is 2.34. The van der Waals surface area contributed by atoms with Gasteiger partial charge in [0.2, 0.25) is 0 Å². The van der Waals surface area contributed by atoms with Crippen LogP contribution in [-0.4, -0.2) is 34.9 Å². The van der Waals surface area contributed by atoms with Gasteiger partial charge in [-0.1, -0.05) is 25.1 Å². The molecule has 0 spiro atoms. The molecule has 0 bridgehead atoms. The summed E-state index contributed by atoms with van der Waals surface area (Å²) < 4.78 is 5.74. The van der Waals surface area contributed by atoms with Crippen molar-refractivity contribution in [1.29, 1.82) is 0 Å². The Labute approximate surface area is 164 Å². The van der Waals surface area contributed by atoms with Crippen LogP contribution in [0.25, 0.3) is 0 Å². The number of thiazole rings is 1. The smallest absolute Gasteiger partial charge is 0.340 e. The maximum Gasteiger partial charge on any atom is 0.340 e. The lowest BCUT2D eigenvalue weighted by Crippen LogP contribution is -2.29. The monoisotopic (exact) mass is 409 g/mol. The molecule has 1 N–H and O–H groups in total. The molecule has 1 aromatic carbocycles. The minimum atomic E-state index is -0.792. The van der Waals surface area contributed by atoms with Crippen molar-refractivity contribution in [2.45, 2.75) is 35.9 Å². The molecule has 0 unspecified atom stereocenters. The van der Waals surface area contributed by atoms with Crippen LogP contribution >= 0.6 is 23.1 Å². The van der Waals surface area contributed by atoms with Gasteiger partial charge >= 0.3 is 5.97 Å². The molecule has 2 aromatic rings. The van der Waals surface area contributed by atoms with Crippen molar-refractivity contribution in [1.82, 2.24) is 10.3 Å². The van der Waals surface area contributed by atoms with Crippen LogP contribution in [0.3, 0.4) is 0 Å². The Morgan fingerprint density at radius 2 is 2.19 bits per heavy atom. The van der Waals surface area contributed by atoms with Gasteiger partial charge in [-0.3, -0.25) is 14.9 Å². The molecule has 10 heteroatoms. The van der Waals surface area contributed by atoms with Gasteiger partial charge in [0.1, 0.15) is 0 Å². The number of nitrogens with one attached hydrogen (secondary N) is 1. The molecule has 0 aliphatic rings. The molecule has 1 heterocycles. The number of nitro benzene ring substituents is 1. The van der Waals surface area contributed by atoms with E-state index in [1.165, 1.54) is 35.2 Å². The quantitative estimate of drug-likeness (QED) is 0.291. The predicted molar refractivity (Wildman–Crippen MR) is 102 cm³/mol. The lowest BCUT2D eigenvalue weighted by Gasteiger charge is -2.09. The van der Waals surface area contributed by atoms with Crippen molar-refractivity contribution in [3.8, 4) is 0 Å². The number of ether oxygens (including phenoxy) is 1. The van der Waals surface area contributed by atoms with Gasteiger partial charge in [0.05, 0.1) is 10.5 Å². The molecule has 27 heavy (non-hydrogen) atoms. The summed E-state index contributed by atoms with van der Waals surface area (Å²) in [5.74, 6) is -1.20. The number of non-ortho nitro benzene ring substituents is 1. The fraction of sp³-hybridized carbons (Fsp3) is 0.353. The zero-order valence-corrected chi connectivity index (χ0v) is 16.5. The first-order valence-electron chi connectivity index (χ1n) is 8.23. The Morgan fingerprint density at radius 3 is 2.81 bits per heavy atom. The lowest BCUT2D eigenvalue weighted by atomic mass is 10.2. The van der Waals surface area contributed by atoms with E-state index in [0.717, 1.165) is 24.6 Å². The molecule has 0 fully saturated rings. The number of nitrogens with zero attached hydrogens (tertiary/aromatic N) is 2. The van der Waals surface area contributed by atoms with E-state index in [-0.39, 0.29) is 11.3 Å². The van der Waals surface area contributed by atoms with E-state index in [4.69, 9.17) is 4.74 Å². The molecule has 0 aliphatic carbocycles. The van der Waals surface area contributed by atoms with Crippen LogP contribution in [-0.2, 0) is 9.53 Å². The first-order chi connectivity index (χ1) is 12.9. The number of carbonyl (C=O) groups excluding carboxylic acids is 2. The zero-order chi connectivity index (χ0) is 19.8. The number of esters is 1. The number of aryl methyl sites for hydroxylation is 1. The van der Waals surface area contributed by atoms with Gasteiger partial charge in [-0.05, 0) is 19.4 Å². The summed E-state index contributed by atoms with van der Waals surface area (Å²) in [6, 6.07) is 3.95. The van der Waals surface area contributed by atoms with E-state index >= 15 is 0 Å². The average Bonchev–Trinajstić information content (AvgIpc) is 3.05. The number of hydrogen-bond acceptors (Lipinski definition) is 8. The van der Waals surface area contributed by atoms with Crippen LogP contribution in [0.15, 0.2) is 32.8 Å². The second-order valence-corrected chi connectivity index (χ2v) is 7.72. The number of carbonyl (C=O) groups is 2. The molecule has 2 rings (SSSR count). The summed E-state index contributed by atoms with van der Waals surface area (Å²) in [6.07, 6.45) is 1.77. The standard InChI is InChI=1S/C17H19N3O5S2/c1-3-4-7-18-15(21)9-25-16(22)13-8-12(20(23)24)5-6-14(13)27-17-19-11(2)10-26-17/h5-6,8,10H,3-4,7,9H2,1-2H3,(H,18,21). The molecular formula is C17H19N3O5S2. The second kappa shape index (κ2) is 10.0. The van der Waals surface area contributed by atoms with Crippen LogP contribution in [0.4, 0.5) is 5.69 Å². The van der Waals surface area contributed by atoms with Crippen LogP contribution in [0, 0.1) is 17.0 Å². The largest absolute Gasteiger partial charge is 0.452 e. The van der Waals surface area contributed by atoms with Crippen LogP contribution in [0.1, 0.15) is 35.8 Å². The molecule has 144 valence electrons. The Balaban J connectivity index is 2.13. The van der Waals surface area contributed by atoms with Crippen molar-refractivity contribution in [3.05, 3.63) is 45.0 Å². The Kier molecular flexibility index (Phi) is 7.74. The topological polar surface area (TPSA) is 111 Å². The number of hydrogen-bond donors (Lipinski definition) is 1. The summed E-state index contributed by atoms with van der Waals surface area (Å²) >= 11 is 2.62. The fourth-order valence-electron chi connectivity index (χ4n) is 2.02. The zero-order valence-electron chi connectivity index (χ0n) is 14.9. The Bertz CT molecular complexity index is 838. The van der Waals surface area contributed by atoms with E-state index in [2.05, 4.69) is 10.3 Å². The van der Waals surface area contributed by atoms with Gasteiger partial charge in [0.15, 0.2) is 10.9 Å². The molecule has 1 amide bonds. The number of unbranched alkanes of at least 4 members (excludes halogenated alkanes) is 1. The van der Waals surface area contributed by atoms with Gasteiger partial charge in [0, 0.05) is 34.6 Å². The third kappa shape index (κ3) is 6.33. The molecule has 1 aromatic heterocycles. The second-order valence-electron chi connectivity index (χ2n) is 5.57. The number of benzene rings is 1. The summed E-state index contributed by atoms with van der Waals surface area (Å²) in [4.78, 5) is 39.3. The van der Waals surface area contributed by atoms with Crippen molar-refractivity contribution in [3.63, 3.8) is 0 Å². The molecule has 0 saturated heterocycles. The number of rotatable bonds is 9. The molecule has 0 atom stereocenters. The third-order valence-electron chi connectivity index (χ3n) is 3.38. The highest BCUT2D eigenvalue weighted by atomic mass is 32.2. The van der Waals surface area contributed by atoms with Gasteiger partial charge < -0.3 is 10.1 Å². The number of amides is 1. The summed E-state index contributed by atoms with van der Waals surface area (Å²) in [5.41, 5.74) is 0.648. The fourth-order valence-corrected chi connectivity index (χ4v) is 3.91. The van der Waals surface area contributed by atoms with Crippen molar-refractivity contribution in [2.75, 3.05) is 13.2 Å². The molecule has 0 radical (unpaired) electrons. The number of aromatic nitrogens is 1. The maximum absolute atomic E-state index is 12.4. The number of nitro groups is 1. The van der Waals surface area contributed by atoms with E-state index in [0.29, 0.717) is 15.8 Å². The first kappa shape index (κ1) is 20.8. The van der Waals surface area contributed by atoms with Gasteiger partial charge in [0.25, 0.3) is 11.6 Å². The van der Waals surface area contributed by atoms with E-state index < -0.39 is 23.4 Å². The average molecular weight is 409 g/mol. The maximum atomic E-state index is 12.4. The Morgan fingerprint density at radius 1 is 1.41 bits per heavy atom. The van der Waals surface area contributed by atoms with Crippen LogP contribution < -0.4 is 5.32 Å². The Hall–Kier alpha value is -2.46. The highest BCUT2D eigenvalue weighted by molar-refractivity contribution is 8.01. The van der Waals surface area contributed by atoms with E-state index in [1.807, 2.05) is 19.2 Å². The minimum absolute atomic E-state index is 0.0309. The van der Waals surface area contributed by atoms with Crippen molar-refractivity contribution < 1.29 is 19.2 Å². The normalized spacial score (nSPS) is 10.4. The van der Waals surface area contributed by atoms with Gasteiger partial charge in [-0.25, -0.2) is 9.78 Å². The SMILES string of the molecule is CCCCNC(=O)COC(=O)c1cc([N+](=O)[O-])ccc1Sc1nc(C)cs1.